The van der Waals surface area contributed by atoms with E-state index in [4.69, 9.17) is 14.2 Å². The molecular formula is C21H26BrN4O6+. The molecule has 1 aromatic heterocycles. The molecule has 0 spiro atoms. The molecule has 32 heavy (non-hydrogen) atoms. The summed E-state index contributed by atoms with van der Waals surface area (Å²) in [5.74, 6) is -0.423. The van der Waals surface area contributed by atoms with Gasteiger partial charge in [-0.3, -0.25) is 15.4 Å². The maximum atomic E-state index is 12.6. The van der Waals surface area contributed by atoms with Crippen LogP contribution in [0, 0.1) is 0 Å². The molecule has 0 bridgehead atoms. The van der Waals surface area contributed by atoms with E-state index in [2.05, 4.69) is 31.5 Å². The van der Waals surface area contributed by atoms with Gasteiger partial charge in [-0.25, -0.2) is 4.57 Å². The van der Waals surface area contributed by atoms with Gasteiger partial charge in [0.2, 0.25) is 12.0 Å². The Morgan fingerprint density at radius 3 is 2.59 bits per heavy atom. The Bertz CT molecular complexity index is 973. The summed E-state index contributed by atoms with van der Waals surface area (Å²) in [6.07, 6.45) is -0.368. The van der Waals surface area contributed by atoms with E-state index < -0.39 is 30.3 Å². The number of anilines is 2. The fourth-order valence-electron chi connectivity index (χ4n) is 3.82. The van der Waals surface area contributed by atoms with Crippen LogP contribution < -0.4 is 15.2 Å². The molecule has 11 heteroatoms. The number of benzene rings is 1. The molecule has 2 aliphatic heterocycles. The van der Waals surface area contributed by atoms with Crippen LogP contribution >= 0.6 is 15.9 Å². The molecule has 4 rings (SSSR count). The minimum atomic E-state index is -0.809. The number of carbonyl (C=O) groups is 1. The van der Waals surface area contributed by atoms with Gasteiger partial charge in [-0.1, -0.05) is 20.9 Å². The Balaban J connectivity index is 1.60. The van der Waals surface area contributed by atoms with Gasteiger partial charge < -0.3 is 24.4 Å². The number of nitrogens with zero attached hydrogens (tertiary/aromatic N) is 2. The van der Waals surface area contributed by atoms with Gasteiger partial charge in [0.05, 0.1) is 26.0 Å². The van der Waals surface area contributed by atoms with E-state index in [0.717, 1.165) is 4.47 Å². The Morgan fingerprint density at radius 1 is 1.19 bits per heavy atom. The average Bonchev–Trinajstić information content (AvgIpc) is 3.25. The van der Waals surface area contributed by atoms with Crippen molar-refractivity contribution in [3.05, 3.63) is 46.6 Å². The summed E-state index contributed by atoms with van der Waals surface area (Å²) in [6.45, 7) is 3.54. The van der Waals surface area contributed by atoms with E-state index in [9.17, 15) is 15.0 Å². The van der Waals surface area contributed by atoms with Crippen LogP contribution in [0.25, 0.3) is 0 Å². The number of fused-ring (bicyclic) bond motifs is 1. The van der Waals surface area contributed by atoms with Crippen LogP contribution in [0.5, 0.6) is 0 Å². The van der Waals surface area contributed by atoms with Gasteiger partial charge in [0.25, 0.3) is 5.91 Å². The molecule has 2 aromatic rings. The Kier molecular flexibility index (Phi) is 6.75. The number of ether oxygens (including phenoxy) is 3. The molecule has 10 nitrogen and oxygen atoms in total. The first-order chi connectivity index (χ1) is 15.3. The van der Waals surface area contributed by atoms with E-state index in [1.807, 2.05) is 13.8 Å². The Hall–Kier alpha value is -2.15. The first-order valence-corrected chi connectivity index (χ1v) is 11.1. The lowest BCUT2D eigenvalue weighted by Crippen LogP contribution is -2.49. The van der Waals surface area contributed by atoms with Crippen LogP contribution in [0.4, 0.5) is 11.8 Å². The Labute approximate surface area is 193 Å². The van der Waals surface area contributed by atoms with Crippen molar-refractivity contribution in [2.24, 2.45) is 0 Å². The summed E-state index contributed by atoms with van der Waals surface area (Å²) in [6, 6.07) is 8.62. The molecule has 3 heterocycles. The van der Waals surface area contributed by atoms with Crippen molar-refractivity contribution in [3.63, 3.8) is 0 Å². The van der Waals surface area contributed by atoms with Crippen molar-refractivity contribution in [3.8, 4) is 0 Å². The zero-order valence-corrected chi connectivity index (χ0v) is 19.3. The first-order valence-electron chi connectivity index (χ1n) is 10.3. The number of carbonyl (C=O) groups excluding carboxylic acids is 1. The second-order valence-corrected chi connectivity index (χ2v) is 8.88. The van der Waals surface area contributed by atoms with E-state index >= 15 is 0 Å². The molecule has 0 aliphatic carbocycles. The van der Waals surface area contributed by atoms with Crippen LogP contribution in [0.2, 0.25) is 0 Å². The molecule has 2 fully saturated rings. The quantitative estimate of drug-likeness (QED) is 0.410. The van der Waals surface area contributed by atoms with Crippen molar-refractivity contribution in [2.75, 3.05) is 30.4 Å². The monoisotopic (exact) mass is 509 g/mol. The molecule has 2 saturated heterocycles. The lowest BCUT2D eigenvalue weighted by molar-refractivity contribution is -0.756. The maximum Gasteiger partial charge on any atom is 0.396 e. The normalized spacial score (nSPS) is 26.0. The third-order valence-electron chi connectivity index (χ3n) is 5.19. The van der Waals surface area contributed by atoms with E-state index in [1.54, 1.807) is 41.1 Å². The van der Waals surface area contributed by atoms with Gasteiger partial charge in [0.1, 0.15) is 18.3 Å². The molecule has 1 aromatic carbocycles. The third kappa shape index (κ3) is 4.77. The molecular weight excluding hydrogens is 484 g/mol. The zero-order chi connectivity index (χ0) is 22.9. The molecule has 1 amide bonds. The largest absolute Gasteiger partial charge is 0.396 e. The summed E-state index contributed by atoms with van der Waals surface area (Å²) in [5, 5.41) is 24.8. The highest BCUT2D eigenvalue weighted by molar-refractivity contribution is 9.10. The summed E-state index contributed by atoms with van der Waals surface area (Å²) in [5.41, 5.74) is 0.489. The van der Waals surface area contributed by atoms with Crippen molar-refractivity contribution in [1.82, 2.24) is 4.98 Å². The third-order valence-corrected chi connectivity index (χ3v) is 5.71. The van der Waals surface area contributed by atoms with Gasteiger partial charge >= 0.3 is 5.95 Å². The highest BCUT2D eigenvalue weighted by Crippen LogP contribution is 2.41. The van der Waals surface area contributed by atoms with E-state index in [-0.39, 0.29) is 25.7 Å². The number of amides is 1. The number of nitrogens with one attached hydrogen (secondary N) is 2. The fraction of sp³-hybridized carbons (Fsp3) is 0.476. The predicted molar refractivity (Wildman–Crippen MR) is 117 cm³/mol. The first kappa shape index (κ1) is 23.0. The molecule has 172 valence electrons. The minimum Gasteiger partial charge on any atom is -0.394 e. The summed E-state index contributed by atoms with van der Waals surface area (Å²) in [4.78, 5) is 17.1. The molecule has 0 radical (unpaired) electrons. The molecule has 0 unspecified atom stereocenters. The topological polar surface area (TPSA) is 126 Å². The standard InChI is InChI=1S/C21H25BrN4O6/c1-21(2)31-16-14(11-28)30-19(17(16)32-21)26-9-7-15(25-20(26)23-8-10-27)24-18(29)12-3-5-13(22)6-4-12/h3-7,9,14,16-17,19,27-28H,8,10-11H2,1-2H3,(H,23,24,25,29)/p+1/t14-,16-,17-,19-/m1/s1. The maximum absolute atomic E-state index is 12.6. The van der Waals surface area contributed by atoms with E-state index in [1.165, 1.54) is 0 Å². The van der Waals surface area contributed by atoms with Crippen LogP contribution in [-0.4, -0.2) is 65.0 Å². The second-order valence-electron chi connectivity index (χ2n) is 7.97. The number of hydrogen-bond acceptors (Lipinski definition) is 8. The van der Waals surface area contributed by atoms with Gasteiger partial charge in [0.15, 0.2) is 5.79 Å². The number of halogens is 1. The number of aliphatic hydroxyl groups excluding tert-OH is 2. The zero-order valence-electron chi connectivity index (χ0n) is 17.7. The molecule has 2 aliphatic rings. The molecule has 4 N–H and O–H groups in total. The summed E-state index contributed by atoms with van der Waals surface area (Å²) < 4.78 is 20.6. The van der Waals surface area contributed by atoms with Crippen LogP contribution in [0.3, 0.4) is 0 Å². The average molecular weight is 510 g/mol. The van der Waals surface area contributed by atoms with Gasteiger partial charge in [0, 0.05) is 16.1 Å². The van der Waals surface area contributed by atoms with Gasteiger partial charge in [-0.15, -0.1) is 0 Å². The predicted octanol–water partition coefficient (Wildman–Crippen LogP) is 1.20. The number of rotatable bonds is 7. The van der Waals surface area contributed by atoms with Crippen molar-refractivity contribution < 1.29 is 33.8 Å². The Morgan fingerprint density at radius 2 is 1.91 bits per heavy atom. The number of aliphatic hydroxyl groups is 2. The summed E-state index contributed by atoms with van der Waals surface area (Å²) >= 11 is 3.35. The summed E-state index contributed by atoms with van der Waals surface area (Å²) in [7, 11) is 0. The number of aromatic nitrogens is 2. The van der Waals surface area contributed by atoms with Gasteiger partial charge in [-0.2, -0.15) is 0 Å². The molecule has 4 atom stereocenters. The van der Waals surface area contributed by atoms with Gasteiger partial charge in [-0.05, 0) is 38.1 Å². The van der Waals surface area contributed by atoms with Crippen LogP contribution in [0.1, 0.15) is 30.4 Å². The van der Waals surface area contributed by atoms with Crippen molar-refractivity contribution >= 4 is 33.6 Å². The van der Waals surface area contributed by atoms with Crippen LogP contribution in [-0.2, 0) is 14.2 Å². The second kappa shape index (κ2) is 9.38. The van der Waals surface area contributed by atoms with Crippen LogP contribution in [0.15, 0.2) is 41.0 Å². The highest BCUT2D eigenvalue weighted by Gasteiger charge is 2.57. The number of hydrogen-bond donors (Lipinski definition) is 4. The lowest BCUT2D eigenvalue weighted by Gasteiger charge is -2.23. The van der Waals surface area contributed by atoms with Crippen molar-refractivity contribution in [1.29, 1.82) is 0 Å². The highest BCUT2D eigenvalue weighted by atomic mass is 79.9. The smallest absolute Gasteiger partial charge is 0.394 e. The lowest BCUT2D eigenvalue weighted by atomic mass is 10.1. The van der Waals surface area contributed by atoms with Crippen molar-refractivity contribution in [2.45, 2.75) is 44.2 Å². The van der Waals surface area contributed by atoms with E-state index in [0.29, 0.717) is 17.3 Å². The SMILES string of the molecule is CC1(C)O[C@@H]2[C@H](O1)[C@@H](CO)O[C@H]2[n+]1ccc(NC(=O)c2ccc(Br)cc2)nc1NCCO. The fourth-order valence-corrected chi connectivity index (χ4v) is 4.09. The minimum absolute atomic E-state index is 0.110. The molecule has 0 saturated carbocycles.